The Labute approximate surface area is 96.0 Å². The van der Waals surface area contributed by atoms with Crippen molar-refractivity contribution in [1.29, 1.82) is 0 Å². The minimum absolute atomic E-state index is 0.113. The van der Waals surface area contributed by atoms with Crippen LogP contribution in [0.5, 0.6) is 0 Å². The van der Waals surface area contributed by atoms with Crippen LogP contribution >= 0.6 is 0 Å². The molecule has 1 aromatic heterocycles. The molecule has 0 N–H and O–H groups in total. The van der Waals surface area contributed by atoms with Crippen molar-refractivity contribution in [2.75, 3.05) is 0 Å². The minimum Gasteiger partial charge on any atom is -0.290 e. The molecule has 0 atom stereocenters. The second-order valence-corrected chi connectivity index (χ2v) is 5.27. The van der Waals surface area contributed by atoms with E-state index in [9.17, 15) is 0 Å². The zero-order chi connectivity index (χ0) is 11.3. The number of hydrogen-bond acceptors (Lipinski definition) is 1. The van der Waals surface area contributed by atoms with Crippen LogP contribution in [0, 0.1) is 0 Å². The van der Waals surface area contributed by atoms with Gasteiger partial charge in [-0.15, -0.1) is 0 Å². The maximum atomic E-state index is 4.40. The van der Waals surface area contributed by atoms with E-state index in [1.54, 1.807) is 0 Å². The fourth-order valence-electron chi connectivity index (χ4n) is 1.61. The van der Waals surface area contributed by atoms with Crippen molar-refractivity contribution in [1.82, 2.24) is 9.78 Å². The summed E-state index contributed by atoms with van der Waals surface area (Å²) in [7, 11) is 6.54. The normalized spacial score (nSPS) is 11.8. The molecular formula is C10H21B3N2. The molecule has 0 fully saturated rings. The van der Waals surface area contributed by atoms with Crippen molar-refractivity contribution in [2.24, 2.45) is 0 Å². The van der Waals surface area contributed by atoms with E-state index in [0.29, 0.717) is 0 Å². The van der Waals surface area contributed by atoms with E-state index in [-0.39, 0.29) is 5.24 Å². The van der Waals surface area contributed by atoms with Crippen molar-refractivity contribution in [3.8, 4) is 0 Å². The molecule has 0 aliphatic carbocycles. The maximum absolute atomic E-state index is 4.40. The highest BCUT2D eigenvalue weighted by Gasteiger charge is 2.13. The molecule has 0 unspecified atom stereocenters. The summed E-state index contributed by atoms with van der Waals surface area (Å²) >= 11 is 0. The van der Waals surface area contributed by atoms with E-state index in [0.717, 1.165) is 0 Å². The number of aromatic nitrogens is 2. The third-order valence-electron chi connectivity index (χ3n) is 2.64. The average Bonchev–Trinajstić information content (AvgIpc) is 2.60. The third-order valence-corrected chi connectivity index (χ3v) is 2.64. The second-order valence-electron chi connectivity index (χ2n) is 5.27. The van der Waals surface area contributed by atoms with Crippen molar-refractivity contribution in [2.45, 2.75) is 44.3 Å². The Bertz CT molecular complexity index is 291. The molecule has 5 heteroatoms. The molecule has 0 saturated heterocycles. The fourth-order valence-corrected chi connectivity index (χ4v) is 1.61. The zero-order valence-electron chi connectivity index (χ0n) is 10.6. The Hall–Kier alpha value is -0.595. The molecule has 80 valence electrons. The van der Waals surface area contributed by atoms with Crippen LogP contribution in [0.25, 0.3) is 0 Å². The van der Waals surface area contributed by atoms with Crippen LogP contribution in [0.1, 0.15) is 38.2 Å². The van der Waals surface area contributed by atoms with Crippen molar-refractivity contribution >= 4 is 23.5 Å². The number of hydrogen-bond donors (Lipinski definition) is 0. The number of rotatable bonds is 6. The van der Waals surface area contributed by atoms with Gasteiger partial charge in [0.15, 0.2) is 0 Å². The van der Waals surface area contributed by atoms with Crippen LogP contribution in [-0.2, 0) is 11.7 Å². The van der Waals surface area contributed by atoms with Gasteiger partial charge in [0.25, 0.3) is 0 Å². The quantitative estimate of drug-likeness (QED) is 0.447. The van der Waals surface area contributed by atoms with Gasteiger partial charge in [0, 0.05) is 6.20 Å². The molecule has 0 aromatic carbocycles. The van der Waals surface area contributed by atoms with Gasteiger partial charge in [-0.25, -0.2) is 0 Å². The molecule has 0 aliphatic heterocycles. The summed E-state index contributed by atoms with van der Waals surface area (Å²) in [5.41, 5.74) is 1.38. The number of unbranched alkanes of at least 4 members (excludes halogenated alkanes) is 3. The first-order chi connectivity index (χ1) is 7.04. The van der Waals surface area contributed by atoms with Crippen LogP contribution in [0.2, 0.25) is 0 Å². The van der Waals surface area contributed by atoms with Crippen molar-refractivity contribution < 1.29 is 0 Å². The Morgan fingerprint density at radius 1 is 1.27 bits per heavy atom. The van der Waals surface area contributed by atoms with Crippen LogP contribution in [0.3, 0.4) is 0 Å². The molecule has 0 bridgehead atoms. The Kier molecular flexibility index (Phi) is 4.56. The highest BCUT2D eigenvalue weighted by atomic mass is 15.3. The van der Waals surface area contributed by atoms with Gasteiger partial charge in [-0.1, -0.05) is 26.2 Å². The fraction of sp³-hybridized carbons (Fsp3) is 0.700. The van der Waals surface area contributed by atoms with Crippen LogP contribution in [0.4, 0.5) is 0 Å². The Morgan fingerprint density at radius 3 is 2.53 bits per heavy atom. The van der Waals surface area contributed by atoms with Gasteiger partial charge in [0.1, 0.15) is 23.5 Å². The molecule has 0 saturated carbocycles. The summed E-state index contributed by atoms with van der Waals surface area (Å²) in [5, 5.41) is 4.52. The number of nitrogens with zero attached hydrogens (tertiary/aromatic N) is 2. The van der Waals surface area contributed by atoms with Gasteiger partial charge in [0.05, 0.1) is 6.20 Å². The topological polar surface area (TPSA) is 17.8 Å². The SMILES string of the molecule is BC(B)(B)n1cc(CCCCCC)cn1. The zero-order valence-corrected chi connectivity index (χ0v) is 10.6. The third kappa shape index (κ3) is 4.19. The van der Waals surface area contributed by atoms with E-state index >= 15 is 0 Å². The van der Waals surface area contributed by atoms with Gasteiger partial charge in [-0.3, -0.25) is 4.68 Å². The summed E-state index contributed by atoms with van der Waals surface area (Å²) in [5.74, 6) is 0. The largest absolute Gasteiger partial charge is 0.290 e. The van der Waals surface area contributed by atoms with Crippen LogP contribution in [-0.4, -0.2) is 33.3 Å². The predicted molar refractivity (Wildman–Crippen MR) is 73.7 cm³/mol. The standard InChI is InChI=1S/C10H21B3N2/c1-2-3-4-5-6-9-7-14-15(8-9)10(11,12)13/h7-8H,2-6,11-13H2,1H3. The first-order valence-electron chi connectivity index (χ1n) is 6.08. The number of aryl methyl sites for hydroxylation is 1. The lowest BCUT2D eigenvalue weighted by Gasteiger charge is -2.18. The van der Waals surface area contributed by atoms with Gasteiger partial charge in [-0.05, 0) is 23.6 Å². The van der Waals surface area contributed by atoms with E-state index in [1.165, 1.54) is 37.7 Å². The smallest absolute Gasteiger partial charge is 0.116 e. The van der Waals surface area contributed by atoms with Gasteiger partial charge in [-0.2, -0.15) is 5.10 Å². The molecule has 0 radical (unpaired) electrons. The molecule has 1 rings (SSSR count). The highest BCUT2D eigenvalue weighted by Crippen LogP contribution is 2.09. The lowest BCUT2D eigenvalue weighted by molar-refractivity contribution is 0.660. The summed E-state index contributed by atoms with van der Waals surface area (Å²) in [6, 6.07) is 0. The lowest BCUT2D eigenvalue weighted by atomic mass is 9.49. The molecule has 1 aromatic rings. The molecule has 0 aliphatic rings. The Balaban J connectivity index is 2.40. The first kappa shape index (κ1) is 12.5. The summed E-state index contributed by atoms with van der Waals surface area (Å²) in [6.07, 6.45) is 10.7. The average molecular weight is 202 g/mol. The van der Waals surface area contributed by atoms with Crippen LogP contribution < -0.4 is 0 Å². The molecule has 1 heterocycles. The predicted octanol–water partition coefficient (Wildman–Crippen LogP) is -0.527. The van der Waals surface area contributed by atoms with E-state index in [1.807, 2.05) is 6.20 Å². The summed E-state index contributed by atoms with van der Waals surface area (Å²) < 4.78 is 2.06. The first-order valence-corrected chi connectivity index (χ1v) is 6.08. The lowest BCUT2D eigenvalue weighted by Crippen LogP contribution is -2.35. The molecule has 15 heavy (non-hydrogen) atoms. The summed E-state index contributed by atoms with van der Waals surface area (Å²) in [6.45, 7) is 2.25. The van der Waals surface area contributed by atoms with E-state index < -0.39 is 0 Å². The van der Waals surface area contributed by atoms with Crippen molar-refractivity contribution in [3.05, 3.63) is 18.0 Å². The van der Waals surface area contributed by atoms with Gasteiger partial charge in [0.2, 0.25) is 0 Å². The maximum Gasteiger partial charge on any atom is 0.116 e. The minimum atomic E-state index is 0.113. The monoisotopic (exact) mass is 202 g/mol. The van der Waals surface area contributed by atoms with Crippen LogP contribution in [0.15, 0.2) is 12.4 Å². The molecular weight excluding hydrogens is 181 g/mol. The van der Waals surface area contributed by atoms with E-state index in [2.05, 4.69) is 46.4 Å². The molecule has 0 spiro atoms. The van der Waals surface area contributed by atoms with Gasteiger partial charge >= 0.3 is 0 Å². The molecule has 0 amide bonds. The second kappa shape index (κ2) is 5.48. The molecule has 2 nitrogen and oxygen atoms in total. The summed E-state index contributed by atoms with van der Waals surface area (Å²) in [4.78, 5) is 0. The van der Waals surface area contributed by atoms with E-state index in [4.69, 9.17) is 0 Å². The highest BCUT2D eigenvalue weighted by molar-refractivity contribution is 6.56. The van der Waals surface area contributed by atoms with Gasteiger partial charge < -0.3 is 0 Å². The van der Waals surface area contributed by atoms with Crippen molar-refractivity contribution in [3.63, 3.8) is 0 Å². The Morgan fingerprint density at radius 2 is 2.00 bits per heavy atom.